The van der Waals surface area contributed by atoms with Crippen LogP contribution in [0.3, 0.4) is 0 Å². The molecule has 1 aromatic heterocycles. The largest absolute Gasteiger partial charge is 0.496 e. The third-order valence-electron chi connectivity index (χ3n) is 4.55. The Kier molecular flexibility index (Phi) is 5.27. The van der Waals surface area contributed by atoms with E-state index in [1.807, 2.05) is 38.1 Å². The molecule has 3 aromatic rings. The van der Waals surface area contributed by atoms with Gasteiger partial charge in [-0.05, 0) is 37.6 Å². The number of aryl methyl sites for hydroxylation is 2. The number of methoxy groups -OCH3 is 1. The van der Waals surface area contributed by atoms with Gasteiger partial charge in [0.15, 0.2) is 0 Å². The first-order valence-electron chi connectivity index (χ1n) is 9.24. The van der Waals surface area contributed by atoms with Crippen molar-refractivity contribution >= 4 is 5.97 Å². The second kappa shape index (κ2) is 7.50. The number of hydrogen-bond donors (Lipinski definition) is 0. The Morgan fingerprint density at radius 1 is 1.04 bits per heavy atom. The summed E-state index contributed by atoms with van der Waals surface area (Å²) in [5.74, 6) is 0.373. The van der Waals surface area contributed by atoms with Gasteiger partial charge in [-0.1, -0.05) is 50.6 Å². The highest BCUT2D eigenvalue weighted by molar-refractivity contribution is 5.93. The highest BCUT2D eigenvalue weighted by atomic mass is 16.5. The molecule has 3 rings (SSSR count). The third kappa shape index (κ3) is 3.93. The lowest BCUT2D eigenvalue weighted by molar-refractivity contribution is 0.0719. The number of hydrogen-bond acceptors (Lipinski definition) is 4. The molecular weight excluding hydrogens is 352 g/mol. The third-order valence-corrected chi connectivity index (χ3v) is 4.55. The summed E-state index contributed by atoms with van der Waals surface area (Å²) < 4.78 is 12.8. The fourth-order valence-electron chi connectivity index (χ4n) is 2.98. The number of carbonyl (C=O) groups is 1. The number of esters is 1. The lowest BCUT2D eigenvalue weighted by Gasteiger charge is -2.14. The van der Waals surface area contributed by atoms with Gasteiger partial charge in [-0.3, -0.25) is 0 Å². The average Bonchev–Trinajstić information content (AvgIpc) is 3.05. The van der Waals surface area contributed by atoms with E-state index >= 15 is 0 Å². The van der Waals surface area contributed by atoms with Gasteiger partial charge in [0, 0.05) is 11.5 Å². The first kappa shape index (κ1) is 19.7. The monoisotopic (exact) mass is 378 g/mol. The summed E-state index contributed by atoms with van der Waals surface area (Å²) >= 11 is 0. The summed E-state index contributed by atoms with van der Waals surface area (Å²) in [6.45, 7) is 10.3. The molecule has 0 saturated carbocycles. The number of nitrogens with zero attached hydrogens (tertiary/aromatic N) is 2. The molecule has 0 amide bonds. The summed E-state index contributed by atoms with van der Waals surface area (Å²) in [6.07, 6.45) is 0. The van der Waals surface area contributed by atoms with Crippen molar-refractivity contribution in [2.75, 3.05) is 7.11 Å². The molecule has 0 fully saturated rings. The molecule has 1 heterocycles. The molecule has 0 N–H and O–H groups in total. The highest BCUT2D eigenvalue weighted by Gasteiger charge is 2.24. The Labute approximate surface area is 165 Å². The Balaban J connectivity index is 2.07. The Morgan fingerprint density at radius 2 is 1.75 bits per heavy atom. The second-order valence-corrected chi connectivity index (χ2v) is 7.91. The molecule has 0 aliphatic heterocycles. The van der Waals surface area contributed by atoms with Crippen molar-refractivity contribution in [1.82, 2.24) is 9.78 Å². The first-order chi connectivity index (χ1) is 13.2. The molecular formula is C23H26N2O3. The van der Waals surface area contributed by atoms with Crippen LogP contribution in [0.2, 0.25) is 0 Å². The topological polar surface area (TPSA) is 53.4 Å². The zero-order chi connectivity index (χ0) is 20.5. The van der Waals surface area contributed by atoms with Crippen LogP contribution in [0, 0.1) is 13.8 Å². The molecule has 146 valence electrons. The first-order valence-corrected chi connectivity index (χ1v) is 9.24. The lowest BCUT2D eigenvalue weighted by Crippen LogP contribution is -2.14. The van der Waals surface area contributed by atoms with E-state index in [0.717, 1.165) is 22.5 Å². The molecule has 0 radical (unpaired) electrons. The molecule has 5 heteroatoms. The van der Waals surface area contributed by atoms with Gasteiger partial charge in [-0.25, -0.2) is 9.48 Å². The van der Waals surface area contributed by atoms with Crippen LogP contribution < -0.4 is 9.47 Å². The van der Waals surface area contributed by atoms with E-state index in [0.29, 0.717) is 17.2 Å². The molecule has 28 heavy (non-hydrogen) atoms. The van der Waals surface area contributed by atoms with Crippen molar-refractivity contribution in [3.8, 4) is 17.3 Å². The normalized spacial score (nSPS) is 11.4. The summed E-state index contributed by atoms with van der Waals surface area (Å²) in [7, 11) is 1.53. The van der Waals surface area contributed by atoms with Crippen molar-refractivity contribution < 1.29 is 14.3 Å². The Hall–Kier alpha value is -3.08. The molecule has 0 atom stereocenters. The highest BCUT2D eigenvalue weighted by Crippen LogP contribution is 2.30. The molecule has 0 unspecified atom stereocenters. The minimum absolute atomic E-state index is 0.185. The Bertz CT molecular complexity index is 1010. The minimum Gasteiger partial charge on any atom is -0.496 e. The van der Waals surface area contributed by atoms with E-state index in [9.17, 15) is 4.79 Å². The smallest absolute Gasteiger partial charge is 0.348 e. The number of aromatic nitrogens is 2. The van der Waals surface area contributed by atoms with Crippen LogP contribution in [0.1, 0.15) is 48.0 Å². The summed E-state index contributed by atoms with van der Waals surface area (Å²) in [6, 6.07) is 14.9. The van der Waals surface area contributed by atoms with Gasteiger partial charge in [0.05, 0.1) is 18.5 Å². The second-order valence-electron chi connectivity index (χ2n) is 7.91. The van der Waals surface area contributed by atoms with Gasteiger partial charge < -0.3 is 9.47 Å². The minimum atomic E-state index is -0.483. The van der Waals surface area contributed by atoms with E-state index in [4.69, 9.17) is 14.6 Å². The van der Waals surface area contributed by atoms with Crippen LogP contribution in [-0.4, -0.2) is 22.9 Å². The van der Waals surface area contributed by atoms with Crippen molar-refractivity contribution in [3.63, 3.8) is 0 Å². The van der Waals surface area contributed by atoms with E-state index in [1.165, 1.54) is 7.11 Å². The maximum Gasteiger partial charge on any atom is 0.348 e. The predicted molar refractivity (Wildman–Crippen MR) is 110 cm³/mol. The van der Waals surface area contributed by atoms with Crippen molar-refractivity contribution in [3.05, 3.63) is 70.9 Å². The van der Waals surface area contributed by atoms with Gasteiger partial charge >= 0.3 is 5.97 Å². The zero-order valence-corrected chi connectivity index (χ0v) is 17.2. The van der Waals surface area contributed by atoms with Crippen LogP contribution in [-0.2, 0) is 5.41 Å². The number of ether oxygens (including phenoxy) is 2. The zero-order valence-electron chi connectivity index (χ0n) is 17.2. The predicted octanol–water partition coefficient (Wildman–Crippen LogP) is 5.01. The fraction of sp³-hybridized carbons (Fsp3) is 0.304. The molecule has 2 aromatic carbocycles. The van der Waals surface area contributed by atoms with Crippen LogP contribution in [0.15, 0.2) is 48.5 Å². The SMILES string of the molecule is COc1ccccc1C(=O)Oc1cc(C(C)(C)C)nn1-c1ccc(C)cc1C. The standard InChI is InChI=1S/C23H26N2O3/c1-15-11-12-18(16(2)13-15)25-21(14-20(24-25)23(3,4)5)28-22(26)17-9-7-8-10-19(17)27-6/h7-14H,1-6H3. The maximum absolute atomic E-state index is 12.8. The number of carbonyl (C=O) groups excluding carboxylic acids is 1. The van der Waals surface area contributed by atoms with E-state index in [1.54, 1.807) is 22.9 Å². The van der Waals surface area contributed by atoms with Gasteiger partial charge in [0.25, 0.3) is 0 Å². The van der Waals surface area contributed by atoms with Crippen LogP contribution in [0.4, 0.5) is 0 Å². The number of para-hydroxylation sites is 1. The van der Waals surface area contributed by atoms with E-state index in [-0.39, 0.29) is 5.41 Å². The summed E-state index contributed by atoms with van der Waals surface area (Å²) in [5.41, 5.74) is 4.13. The molecule has 5 nitrogen and oxygen atoms in total. The van der Waals surface area contributed by atoms with Crippen LogP contribution in [0.25, 0.3) is 5.69 Å². The molecule has 0 aliphatic carbocycles. The number of benzene rings is 2. The van der Waals surface area contributed by atoms with Crippen molar-refractivity contribution in [2.24, 2.45) is 0 Å². The van der Waals surface area contributed by atoms with Crippen LogP contribution in [0.5, 0.6) is 11.6 Å². The maximum atomic E-state index is 12.8. The van der Waals surface area contributed by atoms with Gasteiger partial charge in [0.2, 0.25) is 5.88 Å². The summed E-state index contributed by atoms with van der Waals surface area (Å²) in [4.78, 5) is 12.8. The fourth-order valence-corrected chi connectivity index (χ4v) is 2.98. The van der Waals surface area contributed by atoms with Gasteiger partial charge in [-0.2, -0.15) is 5.10 Å². The lowest BCUT2D eigenvalue weighted by atomic mass is 9.93. The van der Waals surface area contributed by atoms with E-state index in [2.05, 4.69) is 26.8 Å². The van der Waals surface area contributed by atoms with Crippen LogP contribution >= 0.6 is 0 Å². The van der Waals surface area contributed by atoms with E-state index < -0.39 is 5.97 Å². The number of rotatable bonds is 4. The molecule has 0 bridgehead atoms. The quantitative estimate of drug-likeness (QED) is 0.599. The summed E-state index contributed by atoms with van der Waals surface area (Å²) in [5, 5.41) is 4.74. The van der Waals surface area contributed by atoms with Crippen molar-refractivity contribution in [1.29, 1.82) is 0 Å². The Morgan fingerprint density at radius 3 is 2.39 bits per heavy atom. The van der Waals surface area contributed by atoms with Gasteiger partial charge in [0.1, 0.15) is 11.3 Å². The average molecular weight is 378 g/mol. The van der Waals surface area contributed by atoms with Crippen molar-refractivity contribution in [2.45, 2.75) is 40.0 Å². The van der Waals surface area contributed by atoms with Gasteiger partial charge in [-0.15, -0.1) is 0 Å². The molecule has 0 saturated heterocycles. The molecule has 0 aliphatic rings. The molecule has 0 spiro atoms.